The van der Waals surface area contributed by atoms with Crippen LogP contribution in [0.5, 0.6) is 0 Å². The molecule has 0 aliphatic rings. The van der Waals surface area contributed by atoms with E-state index in [1.807, 2.05) is 30.3 Å². The minimum Gasteiger partial charge on any atom is -0.296 e. The Bertz CT molecular complexity index is 534. The highest BCUT2D eigenvalue weighted by Gasteiger charge is 2.06. The third-order valence-corrected chi connectivity index (χ3v) is 3.30. The van der Waals surface area contributed by atoms with Gasteiger partial charge in [0.1, 0.15) is 0 Å². The van der Waals surface area contributed by atoms with Gasteiger partial charge >= 0.3 is 0 Å². The lowest BCUT2D eigenvalue weighted by Crippen LogP contribution is -1.86. The van der Waals surface area contributed by atoms with Crippen molar-refractivity contribution in [2.75, 3.05) is 7.05 Å². The lowest BCUT2D eigenvalue weighted by atomic mass is 10.1. The zero-order valence-corrected chi connectivity index (χ0v) is 10.5. The van der Waals surface area contributed by atoms with Gasteiger partial charge < -0.3 is 0 Å². The molecule has 0 aliphatic heterocycles. The van der Waals surface area contributed by atoms with Crippen LogP contribution < -0.4 is 0 Å². The minimum atomic E-state index is 0.749. The standard InChI is InChI=1S/C12H9BrClN/c1-15-7-8-6-11(13)9-4-2-3-5-10(9)12(8)14/h2-7H,1H3. The Morgan fingerprint density at radius 3 is 2.60 bits per heavy atom. The number of fused-ring (bicyclic) bond motifs is 1. The van der Waals surface area contributed by atoms with Crippen LogP contribution in [-0.2, 0) is 0 Å². The van der Waals surface area contributed by atoms with Crippen molar-refractivity contribution in [2.45, 2.75) is 0 Å². The van der Waals surface area contributed by atoms with Crippen molar-refractivity contribution in [1.82, 2.24) is 0 Å². The molecule has 0 radical (unpaired) electrons. The molecular formula is C12H9BrClN. The Morgan fingerprint density at radius 1 is 1.27 bits per heavy atom. The summed E-state index contributed by atoms with van der Waals surface area (Å²) in [6.45, 7) is 0. The molecule has 0 spiro atoms. The first-order chi connectivity index (χ1) is 7.24. The lowest BCUT2D eigenvalue weighted by molar-refractivity contribution is 1.46. The fourth-order valence-electron chi connectivity index (χ4n) is 1.55. The Hall–Kier alpha value is -0.860. The van der Waals surface area contributed by atoms with E-state index in [4.69, 9.17) is 11.6 Å². The zero-order valence-electron chi connectivity index (χ0n) is 8.17. The fraction of sp³-hybridized carbons (Fsp3) is 0.0833. The molecule has 0 atom stereocenters. The predicted octanol–water partition coefficient (Wildman–Crippen LogP) is 4.30. The molecule has 0 fully saturated rings. The van der Waals surface area contributed by atoms with Crippen molar-refractivity contribution in [3.63, 3.8) is 0 Å². The third kappa shape index (κ3) is 1.92. The summed E-state index contributed by atoms with van der Waals surface area (Å²) in [6, 6.07) is 10.0. The summed E-state index contributed by atoms with van der Waals surface area (Å²) in [5.41, 5.74) is 0.935. The van der Waals surface area contributed by atoms with Crippen LogP contribution in [0.25, 0.3) is 10.8 Å². The van der Waals surface area contributed by atoms with Crippen LogP contribution in [0.15, 0.2) is 39.8 Å². The Morgan fingerprint density at radius 2 is 1.93 bits per heavy atom. The molecule has 0 saturated carbocycles. The summed E-state index contributed by atoms with van der Waals surface area (Å²) in [7, 11) is 1.74. The van der Waals surface area contributed by atoms with Gasteiger partial charge in [0.25, 0.3) is 0 Å². The molecule has 0 aromatic heterocycles. The second-order valence-electron chi connectivity index (χ2n) is 3.19. The number of rotatable bonds is 1. The van der Waals surface area contributed by atoms with Gasteiger partial charge in [-0.1, -0.05) is 51.8 Å². The van der Waals surface area contributed by atoms with Crippen LogP contribution in [0.2, 0.25) is 5.02 Å². The molecule has 0 heterocycles. The molecule has 3 heteroatoms. The number of halogens is 2. The lowest BCUT2D eigenvalue weighted by Gasteiger charge is -2.06. The van der Waals surface area contributed by atoms with E-state index in [2.05, 4.69) is 20.9 Å². The third-order valence-electron chi connectivity index (χ3n) is 2.22. The van der Waals surface area contributed by atoms with Gasteiger partial charge in [0.2, 0.25) is 0 Å². The first-order valence-electron chi connectivity index (χ1n) is 4.53. The summed E-state index contributed by atoms with van der Waals surface area (Å²) in [5.74, 6) is 0. The van der Waals surface area contributed by atoms with Gasteiger partial charge in [0, 0.05) is 28.7 Å². The molecule has 1 nitrogen and oxygen atoms in total. The molecule has 2 aromatic rings. The quantitative estimate of drug-likeness (QED) is 0.691. The number of nitrogens with zero attached hydrogens (tertiary/aromatic N) is 1. The Labute approximate surface area is 102 Å². The van der Waals surface area contributed by atoms with Crippen molar-refractivity contribution in [2.24, 2.45) is 4.99 Å². The van der Waals surface area contributed by atoms with E-state index in [1.165, 1.54) is 0 Å². The van der Waals surface area contributed by atoms with Crippen molar-refractivity contribution in [1.29, 1.82) is 0 Å². The summed E-state index contributed by atoms with van der Waals surface area (Å²) in [4.78, 5) is 3.98. The van der Waals surface area contributed by atoms with Crippen LogP contribution in [0.1, 0.15) is 5.56 Å². The Kier molecular flexibility index (Phi) is 3.08. The van der Waals surface area contributed by atoms with Gasteiger partial charge in [0.15, 0.2) is 0 Å². The first-order valence-corrected chi connectivity index (χ1v) is 5.70. The number of benzene rings is 2. The average molecular weight is 283 g/mol. The van der Waals surface area contributed by atoms with Crippen LogP contribution in [-0.4, -0.2) is 13.3 Å². The summed E-state index contributed by atoms with van der Waals surface area (Å²) in [5, 5.41) is 2.92. The highest BCUT2D eigenvalue weighted by atomic mass is 79.9. The topological polar surface area (TPSA) is 12.4 Å². The molecule has 0 saturated heterocycles. The molecule has 2 aromatic carbocycles. The average Bonchev–Trinajstić information content (AvgIpc) is 2.26. The van der Waals surface area contributed by atoms with E-state index >= 15 is 0 Å². The van der Waals surface area contributed by atoms with E-state index in [9.17, 15) is 0 Å². The highest BCUT2D eigenvalue weighted by molar-refractivity contribution is 9.10. The van der Waals surface area contributed by atoms with Gasteiger partial charge in [-0.2, -0.15) is 0 Å². The maximum Gasteiger partial charge on any atom is 0.0572 e. The largest absolute Gasteiger partial charge is 0.296 e. The second-order valence-corrected chi connectivity index (χ2v) is 4.43. The fourth-order valence-corrected chi connectivity index (χ4v) is 2.41. The highest BCUT2D eigenvalue weighted by Crippen LogP contribution is 2.32. The SMILES string of the molecule is CN=Cc1cc(Br)c2ccccc2c1Cl. The molecule has 0 bridgehead atoms. The van der Waals surface area contributed by atoms with Crippen LogP contribution in [0, 0.1) is 0 Å². The normalized spacial score (nSPS) is 11.4. The summed E-state index contributed by atoms with van der Waals surface area (Å²) < 4.78 is 1.04. The van der Waals surface area contributed by atoms with E-state index < -0.39 is 0 Å². The maximum absolute atomic E-state index is 6.28. The van der Waals surface area contributed by atoms with Crippen LogP contribution >= 0.6 is 27.5 Å². The predicted molar refractivity (Wildman–Crippen MR) is 70.2 cm³/mol. The van der Waals surface area contributed by atoms with Gasteiger partial charge in [-0.15, -0.1) is 0 Å². The van der Waals surface area contributed by atoms with Crippen molar-refractivity contribution < 1.29 is 0 Å². The van der Waals surface area contributed by atoms with Crippen molar-refractivity contribution >= 4 is 44.5 Å². The molecule has 0 amide bonds. The van der Waals surface area contributed by atoms with E-state index in [-0.39, 0.29) is 0 Å². The summed E-state index contributed by atoms with van der Waals surface area (Å²) in [6.07, 6.45) is 1.76. The number of aliphatic imine (C=N–C) groups is 1. The molecule has 0 N–H and O–H groups in total. The Balaban J connectivity index is 2.84. The van der Waals surface area contributed by atoms with E-state index in [0.29, 0.717) is 0 Å². The molecule has 0 aliphatic carbocycles. The van der Waals surface area contributed by atoms with Crippen LogP contribution in [0.4, 0.5) is 0 Å². The van der Waals surface area contributed by atoms with Gasteiger partial charge in [-0.05, 0) is 11.5 Å². The first kappa shape index (κ1) is 10.7. The van der Waals surface area contributed by atoms with Gasteiger partial charge in [-0.3, -0.25) is 4.99 Å². The molecule has 15 heavy (non-hydrogen) atoms. The zero-order chi connectivity index (χ0) is 10.8. The molecule has 2 rings (SSSR count). The van der Waals surface area contributed by atoms with Crippen LogP contribution in [0.3, 0.4) is 0 Å². The maximum atomic E-state index is 6.28. The van der Waals surface area contributed by atoms with Crippen molar-refractivity contribution in [3.8, 4) is 0 Å². The summed E-state index contributed by atoms with van der Waals surface area (Å²) >= 11 is 9.81. The van der Waals surface area contributed by atoms with E-state index in [0.717, 1.165) is 25.8 Å². The van der Waals surface area contributed by atoms with E-state index in [1.54, 1.807) is 13.3 Å². The molecule has 76 valence electrons. The molecule has 0 unspecified atom stereocenters. The smallest absolute Gasteiger partial charge is 0.0572 e. The number of hydrogen-bond acceptors (Lipinski definition) is 1. The minimum absolute atomic E-state index is 0.749. The second kappa shape index (κ2) is 4.33. The van der Waals surface area contributed by atoms with Gasteiger partial charge in [0.05, 0.1) is 5.02 Å². The van der Waals surface area contributed by atoms with Gasteiger partial charge in [-0.25, -0.2) is 0 Å². The monoisotopic (exact) mass is 281 g/mol. The molecular weight excluding hydrogens is 273 g/mol. The van der Waals surface area contributed by atoms with Crippen molar-refractivity contribution in [3.05, 3.63) is 45.4 Å². The number of hydrogen-bond donors (Lipinski definition) is 0.